The fourth-order valence-electron chi connectivity index (χ4n) is 2.23. The first-order valence-electron chi connectivity index (χ1n) is 7.23. The zero-order valence-corrected chi connectivity index (χ0v) is 12.6. The van der Waals surface area contributed by atoms with Crippen LogP contribution in [-0.4, -0.2) is 20.4 Å². The molecule has 0 fully saturated rings. The molecule has 0 atom stereocenters. The molecule has 1 aromatic heterocycles. The summed E-state index contributed by atoms with van der Waals surface area (Å²) in [5, 5.41) is 13.4. The van der Waals surface area contributed by atoms with Crippen LogP contribution in [-0.2, 0) is 6.54 Å². The summed E-state index contributed by atoms with van der Waals surface area (Å²) in [5.41, 5.74) is 2.19. The Hall–Kier alpha value is -3.48. The molecule has 0 saturated carbocycles. The smallest absolute Gasteiger partial charge is 0.358 e. The maximum Gasteiger partial charge on any atom is 0.381 e. The Balaban J connectivity index is 1.66. The number of carbonyl (C=O) groups is 1. The molecule has 3 aromatic rings. The molecule has 0 radical (unpaired) electrons. The molecular formula is C17H14N4O3. The molecular weight excluding hydrogens is 308 g/mol. The van der Waals surface area contributed by atoms with Gasteiger partial charge in [0.1, 0.15) is 6.20 Å². The van der Waals surface area contributed by atoms with E-state index in [2.05, 4.69) is 10.3 Å². The number of para-hydroxylation sites is 1. The summed E-state index contributed by atoms with van der Waals surface area (Å²) in [6.45, 7) is 0.446. The Labute approximate surface area is 137 Å². The number of nitrogens with zero attached hydrogens (tertiary/aromatic N) is 3. The topological polar surface area (TPSA) is 90.1 Å². The molecule has 0 saturated heterocycles. The second-order valence-electron chi connectivity index (χ2n) is 5.18. The summed E-state index contributed by atoms with van der Waals surface area (Å²) in [7, 11) is 0. The Morgan fingerprint density at radius 3 is 2.46 bits per heavy atom. The van der Waals surface area contributed by atoms with Crippen LogP contribution in [0.5, 0.6) is 0 Å². The minimum atomic E-state index is -0.534. The van der Waals surface area contributed by atoms with Gasteiger partial charge in [-0.15, -0.1) is 0 Å². The molecule has 0 unspecified atom stereocenters. The maximum absolute atomic E-state index is 12.2. The zero-order valence-electron chi connectivity index (χ0n) is 12.6. The van der Waals surface area contributed by atoms with Gasteiger partial charge in [-0.1, -0.05) is 30.3 Å². The molecule has 2 aromatic carbocycles. The summed E-state index contributed by atoms with van der Waals surface area (Å²) in [6, 6.07) is 16.3. The third-order valence-electron chi connectivity index (χ3n) is 3.42. The third kappa shape index (κ3) is 3.64. The standard InChI is InChI=1S/C17H14N4O3/c22-17(19-15-4-2-1-3-5-15)14-8-6-13(7-9-14)10-20-11-16(18-12-20)21(23)24/h1-9,11-12H,10H2,(H,19,22). The van der Waals surface area contributed by atoms with Crippen molar-refractivity contribution < 1.29 is 9.72 Å². The molecule has 1 N–H and O–H groups in total. The van der Waals surface area contributed by atoms with Gasteiger partial charge in [-0.05, 0) is 39.7 Å². The molecule has 0 spiro atoms. The highest BCUT2D eigenvalue weighted by molar-refractivity contribution is 6.04. The minimum absolute atomic E-state index is 0.186. The zero-order chi connectivity index (χ0) is 16.9. The Morgan fingerprint density at radius 2 is 1.83 bits per heavy atom. The predicted molar refractivity (Wildman–Crippen MR) is 88.8 cm³/mol. The molecule has 1 amide bonds. The minimum Gasteiger partial charge on any atom is -0.358 e. The Kier molecular flexibility index (Phi) is 4.33. The largest absolute Gasteiger partial charge is 0.381 e. The highest BCUT2D eigenvalue weighted by Crippen LogP contribution is 2.12. The van der Waals surface area contributed by atoms with Crippen LogP contribution < -0.4 is 5.32 Å². The molecule has 3 rings (SSSR count). The third-order valence-corrected chi connectivity index (χ3v) is 3.42. The number of amides is 1. The average Bonchev–Trinajstić information content (AvgIpc) is 3.05. The molecule has 0 aliphatic rings. The Bertz CT molecular complexity index is 857. The lowest BCUT2D eigenvalue weighted by molar-refractivity contribution is -0.389. The van der Waals surface area contributed by atoms with Crippen molar-refractivity contribution in [3.8, 4) is 0 Å². The summed E-state index contributed by atoms with van der Waals surface area (Å²) < 4.78 is 1.62. The van der Waals surface area contributed by atoms with E-state index in [0.29, 0.717) is 12.1 Å². The van der Waals surface area contributed by atoms with Gasteiger partial charge >= 0.3 is 5.82 Å². The number of imidazole rings is 1. The SMILES string of the molecule is O=C(Nc1ccccc1)c1ccc(Cn2cnc([N+](=O)[O-])c2)cc1. The van der Waals surface area contributed by atoms with E-state index in [9.17, 15) is 14.9 Å². The van der Waals surface area contributed by atoms with Crippen LogP contribution in [0.15, 0.2) is 67.1 Å². The number of nitrogens with one attached hydrogen (secondary N) is 1. The predicted octanol–water partition coefficient (Wildman–Crippen LogP) is 3.09. The van der Waals surface area contributed by atoms with Crippen LogP contribution in [0.1, 0.15) is 15.9 Å². The normalized spacial score (nSPS) is 10.3. The summed E-state index contributed by atoms with van der Waals surface area (Å²) in [6.07, 6.45) is 2.78. The van der Waals surface area contributed by atoms with E-state index in [0.717, 1.165) is 11.3 Å². The summed E-state index contributed by atoms with van der Waals surface area (Å²) in [5.74, 6) is -0.375. The lowest BCUT2D eigenvalue weighted by Gasteiger charge is -2.06. The molecule has 0 aliphatic carbocycles. The van der Waals surface area contributed by atoms with Gasteiger partial charge in [0.15, 0.2) is 0 Å². The van der Waals surface area contributed by atoms with E-state index in [4.69, 9.17) is 0 Å². The average molecular weight is 322 g/mol. The first kappa shape index (κ1) is 15.4. The first-order valence-corrected chi connectivity index (χ1v) is 7.23. The van der Waals surface area contributed by atoms with Crippen LogP contribution in [0.2, 0.25) is 0 Å². The molecule has 24 heavy (non-hydrogen) atoms. The van der Waals surface area contributed by atoms with Crippen molar-refractivity contribution in [2.75, 3.05) is 5.32 Å². The van der Waals surface area contributed by atoms with E-state index in [1.54, 1.807) is 16.7 Å². The quantitative estimate of drug-likeness (QED) is 0.577. The van der Waals surface area contributed by atoms with Gasteiger partial charge in [0.05, 0.1) is 6.54 Å². The molecule has 7 heteroatoms. The van der Waals surface area contributed by atoms with Crippen molar-refractivity contribution in [3.63, 3.8) is 0 Å². The lowest BCUT2D eigenvalue weighted by atomic mass is 10.1. The number of benzene rings is 2. The fraction of sp³-hybridized carbons (Fsp3) is 0.0588. The number of nitro groups is 1. The maximum atomic E-state index is 12.2. The highest BCUT2D eigenvalue weighted by Gasteiger charge is 2.10. The lowest BCUT2D eigenvalue weighted by Crippen LogP contribution is -2.11. The number of aromatic nitrogens is 2. The van der Waals surface area contributed by atoms with Crippen molar-refractivity contribution in [2.45, 2.75) is 6.54 Å². The van der Waals surface area contributed by atoms with Crippen molar-refractivity contribution >= 4 is 17.4 Å². The first-order chi connectivity index (χ1) is 11.6. The molecule has 1 heterocycles. The van der Waals surface area contributed by atoms with Gasteiger partial charge in [-0.25, -0.2) is 0 Å². The van der Waals surface area contributed by atoms with Gasteiger partial charge in [-0.3, -0.25) is 4.79 Å². The highest BCUT2D eigenvalue weighted by atomic mass is 16.6. The number of anilines is 1. The van der Waals surface area contributed by atoms with Crippen molar-refractivity contribution in [1.82, 2.24) is 9.55 Å². The van der Waals surface area contributed by atoms with Crippen LogP contribution in [0.4, 0.5) is 11.5 Å². The van der Waals surface area contributed by atoms with Crippen LogP contribution in [0, 0.1) is 10.1 Å². The second-order valence-corrected chi connectivity index (χ2v) is 5.18. The van der Waals surface area contributed by atoms with Crippen LogP contribution in [0.25, 0.3) is 0 Å². The van der Waals surface area contributed by atoms with Gasteiger partial charge in [-0.2, -0.15) is 0 Å². The molecule has 7 nitrogen and oxygen atoms in total. The van der Waals surface area contributed by atoms with E-state index in [1.165, 1.54) is 12.5 Å². The number of carbonyl (C=O) groups excluding carboxylic acids is 1. The fourth-order valence-corrected chi connectivity index (χ4v) is 2.23. The monoisotopic (exact) mass is 322 g/mol. The van der Waals surface area contributed by atoms with Crippen molar-refractivity contribution in [3.05, 3.63) is 88.4 Å². The number of rotatable bonds is 5. The van der Waals surface area contributed by atoms with Crippen molar-refractivity contribution in [1.29, 1.82) is 0 Å². The van der Waals surface area contributed by atoms with Crippen molar-refractivity contribution in [2.24, 2.45) is 0 Å². The number of hydrogen-bond donors (Lipinski definition) is 1. The summed E-state index contributed by atoms with van der Waals surface area (Å²) in [4.78, 5) is 26.0. The van der Waals surface area contributed by atoms with Crippen LogP contribution >= 0.6 is 0 Å². The van der Waals surface area contributed by atoms with E-state index in [1.807, 2.05) is 42.5 Å². The van der Waals surface area contributed by atoms with Crippen LogP contribution in [0.3, 0.4) is 0 Å². The van der Waals surface area contributed by atoms with E-state index < -0.39 is 4.92 Å². The molecule has 120 valence electrons. The number of hydrogen-bond acceptors (Lipinski definition) is 4. The van der Waals surface area contributed by atoms with Gasteiger partial charge in [0.2, 0.25) is 6.33 Å². The second kappa shape index (κ2) is 6.74. The molecule has 0 aliphatic heterocycles. The van der Waals surface area contributed by atoms with E-state index >= 15 is 0 Å². The Morgan fingerprint density at radius 1 is 1.12 bits per heavy atom. The molecule has 0 bridgehead atoms. The summed E-state index contributed by atoms with van der Waals surface area (Å²) >= 11 is 0. The van der Waals surface area contributed by atoms with Gasteiger partial charge in [0.25, 0.3) is 5.91 Å². The van der Waals surface area contributed by atoms with E-state index in [-0.39, 0.29) is 11.7 Å². The van der Waals surface area contributed by atoms with Gasteiger partial charge in [0, 0.05) is 11.3 Å². The van der Waals surface area contributed by atoms with Gasteiger partial charge < -0.3 is 20.0 Å².